The van der Waals surface area contributed by atoms with Crippen LogP contribution in [0, 0.1) is 0 Å². The predicted octanol–water partition coefficient (Wildman–Crippen LogP) is 0.286. The second-order valence-electron chi connectivity index (χ2n) is 5.91. The molecule has 9 heteroatoms. The van der Waals surface area contributed by atoms with Crippen LogP contribution >= 0.6 is 0 Å². The number of urea groups is 1. The maximum atomic E-state index is 12.1. The van der Waals surface area contributed by atoms with E-state index in [1.807, 2.05) is 0 Å². The predicted molar refractivity (Wildman–Crippen MR) is 89.6 cm³/mol. The van der Waals surface area contributed by atoms with Crippen molar-refractivity contribution in [2.45, 2.75) is 19.4 Å². The molecule has 4 amide bonds. The lowest BCUT2D eigenvalue weighted by atomic mass is 10.2. The van der Waals surface area contributed by atoms with Crippen molar-refractivity contribution >= 4 is 29.5 Å². The molecule has 2 aliphatic rings. The zero-order valence-electron chi connectivity index (χ0n) is 14.3. The molecule has 138 valence electrons. The van der Waals surface area contributed by atoms with Crippen molar-refractivity contribution in [3.63, 3.8) is 0 Å². The molecular weight excluding hydrogens is 342 g/mol. The van der Waals surface area contributed by atoms with Crippen LogP contribution in [-0.2, 0) is 19.1 Å². The van der Waals surface area contributed by atoms with Crippen molar-refractivity contribution < 1.29 is 28.7 Å². The second-order valence-corrected chi connectivity index (χ2v) is 5.91. The van der Waals surface area contributed by atoms with Crippen LogP contribution in [0.15, 0.2) is 24.3 Å². The van der Waals surface area contributed by atoms with Gasteiger partial charge in [-0.3, -0.25) is 19.3 Å². The third-order valence-corrected chi connectivity index (χ3v) is 4.13. The van der Waals surface area contributed by atoms with Crippen LogP contribution in [0.1, 0.15) is 13.3 Å². The van der Waals surface area contributed by atoms with Crippen LogP contribution in [0.2, 0.25) is 0 Å². The van der Waals surface area contributed by atoms with E-state index in [1.165, 1.54) is 11.8 Å². The molecule has 0 aromatic heterocycles. The first-order valence-corrected chi connectivity index (χ1v) is 8.28. The summed E-state index contributed by atoms with van der Waals surface area (Å²) in [7, 11) is 0. The minimum absolute atomic E-state index is 0.0795. The first kappa shape index (κ1) is 17.7. The molecule has 1 N–H and O–H groups in total. The number of carbonyl (C=O) groups is 4. The summed E-state index contributed by atoms with van der Waals surface area (Å²) >= 11 is 0. The van der Waals surface area contributed by atoms with Gasteiger partial charge >= 0.3 is 12.0 Å². The highest BCUT2D eigenvalue weighted by atomic mass is 16.5. The Bertz CT molecular complexity index is 750. The van der Waals surface area contributed by atoms with E-state index in [2.05, 4.69) is 5.32 Å². The molecule has 2 aliphatic heterocycles. The number of anilines is 1. The van der Waals surface area contributed by atoms with E-state index in [0.717, 1.165) is 4.90 Å². The summed E-state index contributed by atoms with van der Waals surface area (Å²) in [5, 5.41) is 2.51. The third kappa shape index (κ3) is 3.61. The van der Waals surface area contributed by atoms with Crippen molar-refractivity contribution in [1.29, 1.82) is 0 Å². The number of carbonyl (C=O) groups excluding carboxylic acids is 4. The summed E-state index contributed by atoms with van der Waals surface area (Å²) < 4.78 is 10.4. The molecule has 1 fully saturated rings. The molecule has 26 heavy (non-hydrogen) atoms. The minimum Gasteiger partial charge on any atom is -0.482 e. The van der Waals surface area contributed by atoms with Gasteiger partial charge in [0, 0.05) is 19.6 Å². The minimum atomic E-state index is -1.07. The highest BCUT2D eigenvalue weighted by Crippen LogP contribution is 2.31. The van der Waals surface area contributed by atoms with Gasteiger partial charge in [-0.15, -0.1) is 0 Å². The van der Waals surface area contributed by atoms with Crippen molar-refractivity contribution in [3.05, 3.63) is 24.3 Å². The van der Waals surface area contributed by atoms with Gasteiger partial charge in [0.25, 0.3) is 11.8 Å². The van der Waals surface area contributed by atoms with Gasteiger partial charge in [0.1, 0.15) is 5.75 Å². The maximum absolute atomic E-state index is 12.1. The Morgan fingerprint density at radius 1 is 1.31 bits per heavy atom. The SMILES string of the molecule is C[C@H](OC(=O)CCN1C(=O)COc2ccccc21)C(=O)N1CCNC1=O. The Hall–Kier alpha value is -3.10. The molecule has 0 bridgehead atoms. The summed E-state index contributed by atoms with van der Waals surface area (Å²) in [4.78, 5) is 50.2. The van der Waals surface area contributed by atoms with Crippen molar-refractivity contribution in [2.75, 3.05) is 31.1 Å². The number of fused-ring (bicyclic) bond motifs is 1. The first-order valence-electron chi connectivity index (χ1n) is 8.28. The van der Waals surface area contributed by atoms with E-state index in [1.54, 1.807) is 24.3 Å². The zero-order chi connectivity index (χ0) is 18.7. The standard InChI is InChI=1S/C17H19N3O6/c1-11(16(23)20-9-7-18-17(20)24)26-15(22)6-8-19-12-4-2-3-5-13(12)25-10-14(19)21/h2-5,11H,6-10H2,1H3,(H,18,24)/t11-/m0/s1. The Balaban J connectivity index is 1.55. The number of nitrogens with zero attached hydrogens (tertiary/aromatic N) is 2. The zero-order valence-corrected chi connectivity index (χ0v) is 14.3. The number of hydrogen-bond donors (Lipinski definition) is 1. The summed E-state index contributed by atoms with van der Waals surface area (Å²) in [5.41, 5.74) is 0.592. The summed E-state index contributed by atoms with van der Waals surface area (Å²) in [6, 6.07) is 6.55. The number of amides is 4. The molecule has 3 rings (SSSR count). The fourth-order valence-corrected chi connectivity index (χ4v) is 2.81. The number of para-hydroxylation sites is 2. The third-order valence-electron chi connectivity index (χ3n) is 4.13. The number of rotatable bonds is 5. The van der Waals surface area contributed by atoms with Crippen LogP contribution in [-0.4, -0.2) is 61.1 Å². The molecular formula is C17H19N3O6. The average Bonchev–Trinajstić information content (AvgIpc) is 3.06. The highest BCUT2D eigenvalue weighted by molar-refractivity contribution is 5.99. The van der Waals surface area contributed by atoms with E-state index < -0.39 is 24.0 Å². The van der Waals surface area contributed by atoms with E-state index >= 15 is 0 Å². The second kappa shape index (κ2) is 7.42. The highest BCUT2D eigenvalue weighted by Gasteiger charge is 2.32. The number of nitrogens with one attached hydrogen (secondary N) is 1. The fraction of sp³-hybridized carbons (Fsp3) is 0.412. The van der Waals surface area contributed by atoms with E-state index in [0.29, 0.717) is 18.0 Å². The Morgan fingerprint density at radius 2 is 2.08 bits per heavy atom. The van der Waals surface area contributed by atoms with Gasteiger partial charge in [0.2, 0.25) is 0 Å². The molecule has 0 aliphatic carbocycles. The molecule has 0 saturated carbocycles. The molecule has 2 heterocycles. The molecule has 0 radical (unpaired) electrons. The van der Waals surface area contributed by atoms with E-state index in [9.17, 15) is 19.2 Å². The molecule has 9 nitrogen and oxygen atoms in total. The summed E-state index contributed by atoms with van der Waals surface area (Å²) in [5.74, 6) is -0.873. The number of ether oxygens (including phenoxy) is 2. The lowest BCUT2D eigenvalue weighted by molar-refractivity contribution is -0.157. The molecule has 0 unspecified atom stereocenters. The molecule has 0 spiro atoms. The van der Waals surface area contributed by atoms with E-state index in [4.69, 9.17) is 9.47 Å². The quantitative estimate of drug-likeness (QED) is 0.756. The number of esters is 1. The Kier molecular flexibility index (Phi) is 5.06. The fourth-order valence-electron chi connectivity index (χ4n) is 2.81. The topological polar surface area (TPSA) is 105 Å². The van der Waals surface area contributed by atoms with E-state index in [-0.39, 0.29) is 32.0 Å². The van der Waals surface area contributed by atoms with Gasteiger partial charge in [0.15, 0.2) is 12.7 Å². The number of hydrogen-bond acceptors (Lipinski definition) is 6. The van der Waals surface area contributed by atoms with Gasteiger partial charge in [-0.1, -0.05) is 12.1 Å². The molecule has 1 aromatic carbocycles. The lowest BCUT2D eigenvalue weighted by Gasteiger charge is -2.29. The normalized spacial score (nSPS) is 17.3. The summed E-state index contributed by atoms with van der Waals surface area (Å²) in [6.45, 7) is 2.07. The van der Waals surface area contributed by atoms with Gasteiger partial charge in [0.05, 0.1) is 12.1 Å². The van der Waals surface area contributed by atoms with Crippen molar-refractivity contribution in [2.24, 2.45) is 0 Å². The monoisotopic (exact) mass is 361 g/mol. The lowest BCUT2D eigenvalue weighted by Crippen LogP contribution is -2.43. The largest absolute Gasteiger partial charge is 0.482 e. The number of benzene rings is 1. The Labute approximate surface area is 149 Å². The van der Waals surface area contributed by atoms with Crippen LogP contribution in [0.5, 0.6) is 5.75 Å². The van der Waals surface area contributed by atoms with Gasteiger partial charge in [-0.25, -0.2) is 4.79 Å². The van der Waals surface area contributed by atoms with Gasteiger partial charge in [-0.2, -0.15) is 0 Å². The summed E-state index contributed by atoms with van der Waals surface area (Å²) in [6.07, 6.45) is -1.15. The smallest absolute Gasteiger partial charge is 0.324 e. The van der Waals surface area contributed by atoms with Crippen LogP contribution in [0.4, 0.5) is 10.5 Å². The van der Waals surface area contributed by atoms with Gasteiger partial charge < -0.3 is 19.7 Å². The van der Waals surface area contributed by atoms with Crippen LogP contribution in [0.3, 0.4) is 0 Å². The molecule has 1 atom stereocenters. The van der Waals surface area contributed by atoms with Crippen molar-refractivity contribution in [1.82, 2.24) is 10.2 Å². The van der Waals surface area contributed by atoms with Crippen LogP contribution < -0.4 is 15.0 Å². The first-order chi connectivity index (χ1) is 12.5. The molecule has 1 saturated heterocycles. The Morgan fingerprint density at radius 3 is 2.81 bits per heavy atom. The van der Waals surface area contributed by atoms with Crippen molar-refractivity contribution in [3.8, 4) is 5.75 Å². The molecule has 1 aromatic rings. The van der Waals surface area contributed by atoms with Crippen LogP contribution in [0.25, 0.3) is 0 Å². The maximum Gasteiger partial charge on any atom is 0.324 e. The van der Waals surface area contributed by atoms with Gasteiger partial charge in [-0.05, 0) is 19.1 Å². The average molecular weight is 361 g/mol. The number of imide groups is 1.